The molecular formula is C26H29F3N2O5. The Bertz CT molecular complexity index is 1130. The lowest BCUT2D eigenvalue weighted by Crippen LogP contribution is -2.53. The fourth-order valence-corrected chi connectivity index (χ4v) is 5.47. The molecule has 1 aromatic heterocycles. The van der Waals surface area contributed by atoms with Crippen LogP contribution in [0.4, 0.5) is 13.2 Å². The molecule has 3 unspecified atom stereocenters. The molecule has 2 saturated heterocycles. The highest BCUT2D eigenvalue weighted by Crippen LogP contribution is 2.44. The molecule has 3 heterocycles. The van der Waals surface area contributed by atoms with E-state index >= 15 is 0 Å². The van der Waals surface area contributed by atoms with Crippen LogP contribution in [0.25, 0.3) is 0 Å². The molecule has 1 aromatic carbocycles. The number of carbonyl (C=O) groups is 1. The Morgan fingerprint density at radius 3 is 2.83 bits per heavy atom. The number of hydrogen-bond acceptors (Lipinski definition) is 6. The van der Waals surface area contributed by atoms with E-state index in [1.165, 1.54) is 25.3 Å². The molecule has 194 valence electrons. The van der Waals surface area contributed by atoms with Crippen LogP contribution in [-0.4, -0.2) is 61.4 Å². The summed E-state index contributed by atoms with van der Waals surface area (Å²) in [5.41, 5.74) is 0.0428. The summed E-state index contributed by atoms with van der Waals surface area (Å²) in [6.45, 7) is 2.36. The van der Waals surface area contributed by atoms with Gasteiger partial charge in [0.25, 0.3) is 17.7 Å². The highest BCUT2D eigenvalue weighted by atomic mass is 19.3. The zero-order valence-electron chi connectivity index (χ0n) is 20.2. The number of alkyl halides is 2. The first-order chi connectivity index (χ1) is 17.2. The standard InChI is InChI=1S/C26H29F3N2O5/c1-16-10-17(12-26(16,28)29)14-34-21-7-6-20(30-23(21)33-2)24(32)31-9-8-25(22(13-31)35-15-36-25)18-4-3-5-19(27)11-18/h3-7,11,16-17,22H,8-10,12-15H2,1-2H3/t16?,17?,22-,25?/m1/s1. The number of pyridine rings is 1. The summed E-state index contributed by atoms with van der Waals surface area (Å²) in [6.07, 6.45) is 0.168. The van der Waals surface area contributed by atoms with Crippen LogP contribution in [0.2, 0.25) is 0 Å². The van der Waals surface area contributed by atoms with Crippen molar-refractivity contribution in [3.05, 3.63) is 53.5 Å². The van der Waals surface area contributed by atoms with Crippen molar-refractivity contribution in [1.29, 1.82) is 0 Å². The van der Waals surface area contributed by atoms with Gasteiger partial charge in [0.1, 0.15) is 30.0 Å². The van der Waals surface area contributed by atoms with Gasteiger partial charge in [-0.3, -0.25) is 4.79 Å². The Morgan fingerprint density at radius 2 is 2.11 bits per heavy atom. The zero-order valence-corrected chi connectivity index (χ0v) is 20.2. The van der Waals surface area contributed by atoms with Crippen LogP contribution in [0, 0.1) is 17.7 Å². The first-order valence-corrected chi connectivity index (χ1v) is 12.1. The third kappa shape index (κ3) is 4.52. The second-order valence-electron chi connectivity index (χ2n) is 9.80. The fourth-order valence-electron chi connectivity index (χ4n) is 5.47. The van der Waals surface area contributed by atoms with E-state index in [9.17, 15) is 18.0 Å². The first-order valence-electron chi connectivity index (χ1n) is 12.1. The van der Waals surface area contributed by atoms with Gasteiger partial charge in [0.2, 0.25) is 0 Å². The normalized spacial score (nSPS) is 29.1. The predicted molar refractivity (Wildman–Crippen MR) is 123 cm³/mol. The van der Waals surface area contributed by atoms with E-state index in [1.807, 2.05) is 0 Å². The number of amides is 1. The summed E-state index contributed by atoms with van der Waals surface area (Å²) in [5, 5.41) is 0. The molecule has 2 aliphatic heterocycles. The number of likely N-dealkylation sites (tertiary alicyclic amines) is 1. The third-order valence-corrected chi connectivity index (χ3v) is 7.53. The van der Waals surface area contributed by atoms with Gasteiger partial charge in [-0.05, 0) is 42.2 Å². The number of halogens is 3. The summed E-state index contributed by atoms with van der Waals surface area (Å²) in [5.74, 6) is -3.87. The van der Waals surface area contributed by atoms with Crippen molar-refractivity contribution < 1.29 is 36.9 Å². The minimum absolute atomic E-state index is 0.0625. The molecule has 0 N–H and O–H groups in total. The minimum Gasteiger partial charge on any atom is -0.488 e. The Labute approximate surface area is 207 Å². The first kappa shape index (κ1) is 24.8. The predicted octanol–water partition coefficient (Wildman–Crippen LogP) is 4.40. The molecule has 7 nitrogen and oxygen atoms in total. The Balaban J connectivity index is 1.26. The largest absolute Gasteiger partial charge is 0.488 e. The molecule has 3 aliphatic rings. The molecule has 2 aromatic rings. The van der Waals surface area contributed by atoms with E-state index in [2.05, 4.69) is 4.98 Å². The van der Waals surface area contributed by atoms with E-state index < -0.39 is 23.5 Å². The van der Waals surface area contributed by atoms with Crippen molar-refractivity contribution in [3.63, 3.8) is 0 Å². The van der Waals surface area contributed by atoms with Crippen molar-refractivity contribution in [2.75, 3.05) is 33.6 Å². The lowest BCUT2D eigenvalue weighted by atomic mass is 9.82. The highest BCUT2D eigenvalue weighted by molar-refractivity contribution is 5.92. The van der Waals surface area contributed by atoms with E-state index in [4.69, 9.17) is 18.9 Å². The number of aromatic nitrogens is 1. The average Bonchev–Trinajstić information content (AvgIpc) is 3.41. The lowest BCUT2D eigenvalue weighted by Gasteiger charge is -2.41. The van der Waals surface area contributed by atoms with Crippen LogP contribution in [0.15, 0.2) is 36.4 Å². The lowest BCUT2D eigenvalue weighted by molar-refractivity contribution is -0.0442. The van der Waals surface area contributed by atoms with Crippen LogP contribution < -0.4 is 9.47 Å². The zero-order chi connectivity index (χ0) is 25.5. The van der Waals surface area contributed by atoms with Crippen LogP contribution in [0.1, 0.15) is 42.2 Å². The summed E-state index contributed by atoms with van der Waals surface area (Å²) >= 11 is 0. The molecule has 0 radical (unpaired) electrons. The molecule has 0 spiro atoms. The van der Waals surface area contributed by atoms with E-state index in [1.54, 1.807) is 30.0 Å². The number of ether oxygens (including phenoxy) is 4. The van der Waals surface area contributed by atoms with Gasteiger partial charge in [-0.15, -0.1) is 0 Å². The van der Waals surface area contributed by atoms with E-state index in [-0.39, 0.29) is 55.6 Å². The number of methoxy groups -OCH3 is 1. The third-order valence-electron chi connectivity index (χ3n) is 7.53. The summed E-state index contributed by atoms with van der Waals surface area (Å²) in [7, 11) is 1.41. The molecule has 0 bridgehead atoms. The van der Waals surface area contributed by atoms with Gasteiger partial charge in [-0.2, -0.15) is 0 Å². The van der Waals surface area contributed by atoms with Gasteiger partial charge in [0, 0.05) is 25.3 Å². The van der Waals surface area contributed by atoms with E-state index in [0.29, 0.717) is 30.7 Å². The Morgan fingerprint density at radius 1 is 1.28 bits per heavy atom. The Hall–Kier alpha value is -2.85. The number of carbonyl (C=O) groups excluding carboxylic acids is 1. The number of nitrogens with zero attached hydrogens (tertiary/aromatic N) is 2. The van der Waals surface area contributed by atoms with Crippen LogP contribution >= 0.6 is 0 Å². The molecule has 1 amide bonds. The van der Waals surface area contributed by atoms with Gasteiger partial charge in [-0.1, -0.05) is 19.1 Å². The van der Waals surface area contributed by atoms with Crippen molar-refractivity contribution in [2.45, 2.75) is 43.8 Å². The number of hydrogen-bond donors (Lipinski definition) is 0. The number of piperidine rings is 1. The van der Waals surface area contributed by atoms with Crippen LogP contribution in [0.5, 0.6) is 11.6 Å². The molecule has 1 saturated carbocycles. The Kier molecular flexibility index (Phi) is 6.59. The average molecular weight is 507 g/mol. The van der Waals surface area contributed by atoms with Crippen molar-refractivity contribution in [2.24, 2.45) is 11.8 Å². The van der Waals surface area contributed by atoms with Gasteiger partial charge in [0.15, 0.2) is 5.75 Å². The minimum atomic E-state index is -2.68. The summed E-state index contributed by atoms with van der Waals surface area (Å²) < 4.78 is 64.3. The topological polar surface area (TPSA) is 70.1 Å². The monoisotopic (exact) mass is 506 g/mol. The SMILES string of the molecule is COc1nc(C(=O)N2CCC3(c4cccc(F)c4)OCO[C@@H]3C2)ccc1OCC1CC(C)C(F)(F)C1. The molecule has 10 heteroatoms. The quantitative estimate of drug-likeness (QED) is 0.579. The second kappa shape index (κ2) is 9.55. The van der Waals surface area contributed by atoms with Crippen LogP contribution in [0.3, 0.4) is 0 Å². The van der Waals surface area contributed by atoms with Gasteiger partial charge in [0.05, 0.1) is 20.3 Å². The van der Waals surface area contributed by atoms with Crippen LogP contribution in [-0.2, 0) is 15.1 Å². The molecule has 5 rings (SSSR count). The van der Waals surface area contributed by atoms with Gasteiger partial charge < -0.3 is 23.8 Å². The molecule has 36 heavy (non-hydrogen) atoms. The second-order valence-corrected chi connectivity index (χ2v) is 9.80. The van der Waals surface area contributed by atoms with Gasteiger partial charge in [-0.25, -0.2) is 18.2 Å². The van der Waals surface area contributed by atoms with Crippen molar-refractivity contribution in [1.82, 2.24) is 9.88 Å². The van der Waals surface area contributed by atoms with Gasteiger partial charge >= 0.3 is 0 Å². The molecule has 3 fully saturated rings. The maximum absolute atomic E-state index is 13.9. The summed E-state index contributed by atoms with van der Waals surface area (Å²) in [4.78, 5) is 19.2. The van der Waals surface area contributed by atoms with Crippen molar-refractivity contribution >= 4 is 5.91 Å². The maximum atomic E-state index is 13.9. The highest BCUT2D eigenvalue weighted by Gasteiger charge is 2.51. The maximum Gasteiger partial charge on any atom is 0.272 e. The molecule has 4 atom stereocenters. The fraction of sp³-hybridized carbons (Fsp3) is 0.538. The number of benzene rings is 1. The molecule has 1 aliphatic carbocycles. The van der Waals surface area contributed by atoms with Crippen molar-refractivity contribution in [3.8, 4) is 11.6 Å². The summed E-state index contributed by atoms with van der Waals surface area (Å²) in [6, 6.07) is 9.37. The smallest absolute Gasteiger partial charge is 0.272 e. The number of fused-ring (bicyclic) bond motifs is 1. The number of rotatable bonds is 6. The van der Waals surface area contributed by atoms with E-state index in [0.717, 1.165) is 0 Å². The molecular weight excluding hydrogens is 477 g/mol.